The molecule has 0 aromatic rings. The second-order valence-electron chi connectivity index (χ2n) is 2.51. The normalized spacial score (nSPS) is 15.2. The molecule has 0 aliphatic carbocycles. The van der Waals surface area contributed by atoms with Crippen LogP contribution in [0.3, 0.4) is 0 Å². The highest BCUT2D eigenvalue weighted by molar-refractivity contribution is 7.84. The van der Waals surface area contributed by atoms with Crippen molar-refractivity contribution in [2.45, 2.75) is 19.9 Å². The maximum absolute atomic E-state index is 10.9. The Balaban J connectivity index is 3.44. The summed E-state index contributed by atoms with van der Waals surface area (Å²) < 4.78 is 10.9. The molecule has 2 atom stereocenters. The predicted molar refractivity (Wildman–Crippen MR) is 50.2 cm³/mol. The van der Waals surface area contributed by atoms with E-state index in [-0.39, 0.29) is 5.91 Å². The van der Waals surface area contributed by atoms with E-state index in [2.05, 4.69) is 5.32 Å². The standard InChI is InChI=1S/C7H16N2O2S/c1-3-12(11)5-4-9-7(10)6(2)8/h6H,3-5,8H2,1-2H3,(H,9,10)/t6-,12?/m1/s1. The van der Waals surface area contributed by atoms with Crippen LogP contribution in [0.15, 0.2) is 0 Å². The Hall–Kier alpha value is -0.420. The smallest absolute Gasteiger partial charge is 0.236 e. The van der Waals surface area contributed by atoms with Gasteiger partial charge in [0.2, 0.25) is 5.91 Å². The van der Waals surface area contributed by atoms with Crippen molar-refractivity contribution in [3.8, 4) is 0 Å². The SMILES string of the molecule is CCS(=O)CCNC(=O)[C@@H](C)N. The fourth-order valence-corrected chi connectivity index (χ4v) is 1.21. The van der Waals surface area contributed by atoms with Crippen molar-refractivity contribution in [2.24, 2.45) is 5.73 Å². The molecule has 0 saturated carbocycles. The first-order valence-corrected chi connectivity index (χ1v) is 5.45. The number of nitrogens with two attached hydrogens (primary N) is 1. The van der Waals surface area contributed by atoms with Crippen LogP contribution in [0, 0.1) is 0 Å². The molecule has 12 heavy (non-hydrogen) atoms. The van der Waals surface area contributed by atoms with Gasteiger partial charge in [-0.2, -0.15) is 0 Å². The molecule has 0 spiro atoms. The molecule has 0 aromatic carbocycles. The van der Waals surface area contributed by atoms with Crippen molar-refractivity contribution in [1.82, 2.24) is 5.32 Å². The van der Waals surface area contributed by atoms with Crippen molar-refractivity contribution >= 4 is 16.7 Å². The summed E-state index contributed by atoms with van der Waals surface area (Å²) in [6.45, 7) is 3.91. The van der Waals surface area contributed by atoms with Crippen molar-refractivity contribution in [3.63, 3.8) is 0 Å². The number of carbonyl (C=O) groups excluding carboxylic acids is 1. The van der Waals surface area contributed by atoms with Gasteiger partial charge < -0.3 is 11.1 Å². The van der Waals surface area contributed by atoms with Crippen LogP contribution in [0.2, 0.25) is 0 Å². The van der Waals surface area contributed by atoms with Crippen molar-refractivity contribution in [3.05, 3.63) is 0 Å². The Bertz CT molecular complexity index is 171. The van der Waals surface area contributed by atoms with Gasteiger partial charge in [0.1, 0.15) is 0 Å². The minimum Gasteiger partial charge on any atom is -0.354 e. The first-order chi connectivity index (χ1) is 5.57. The Labute approximate surface area is 75.4 Å². The Morgan fingerprint density at radius 1 is 1.67 bits per heavy atom. The topological polar surface area (TPSA) is 72.2 Å². The monoisotopic (exact) mass is 192 g/mol. The molecule has 1 unspecified atom stereocenters. The zero-order valence-corrected chi connectivity index (χ0v) is 8.32. The zero-order chi connectivity index (χ0) is 9.56. The first kappa shape index (κ1) is 11.6. The molecule has 5 heteroatoms. The fraction of sp³-hybridized carbons (Fsp3) is 0.857. The molecule has 0 radical (unpaired) electrons. The molecular formula is C7H16N2O2S. The van der Waals surface area contributed by atoms with Gasteiger partial charge in [-0.15, -0.1) is 0 Å². The first-order valence-electron chi connectivity index (χ1n) is 3.96. The van der Waals surface area contributed by atoms with Crippen LogP contribution in [-0.4, -0.2) is 34.2 Å². The lowest BCUT2D eigenvalue weighted by atomic mass is 10.3. The van der Waals surface area contributed by atoms with E-state index in [1.54, 1.807) is 6.92 Å². The summed E-state index contributed by atoms with van der Waals surface area (Å²) in [6.07, 6.45) is 0. The maximum Gasteiger partial charge on any atom is 0.236 e. The van der Waals surface area contributed by atoms with Crippen LogP contribution in [0.5, 0.6) is 0 Å². The number of carbonyl (C=O) groups is 1. The average molecular weight is 192 g/mol. The van der Waals surface area contributed by atoms with Crippen molar-refractivity contribution in [1.29, 1.82) is 0 Å². The van der Waals surface area contributed by atoms with E-state index in [0.29, 0.717) is 18.1 Å². The Morgan fingerprint density at radius 2 is 2.25 bits per heavy atom. The summed E-state index contributed by atoms with van der Waals surface area (Å²) in [5.41, 5.74) is 5.30. The van der Waals surface area contributed by atoms with Gasteiger partial charge in [0.25, 0.3) is 0 Å². The molecule has 0 aliphatic rings. The largest absolute Gasteiger partial charge is 0.354 e. The summed E-state index contributed by atoms with van der Waals surface area (Å²) in [4.78, 5) is 10.9. The fourth-order valence-electron chi connectivity index (χ4n) is 0.593. The number of hydrogen-bond acceptors (Lipinski definition) is 3. The number of rotatable bonds is 5. The van der Waals surface area contributed by atoms with E-state index >= 15 is 0 Å². The van der Waals surface area contributed by atoms with E-state index in [4.69, 9.17) is 5.73 Å². The van der Waals surface area contributed by atoms with Crippen molar-refractivity contribution in [2.75, 3.05) is 18.1 Å². The van der Waals surface area contributed by atoms with Gasteiger partial charge in [-0.1, -0.05) is 6.92 Å². The summed E-state index contributed by atoms with van der Waals surface area (Å²) >= 11 is 0. The van der Waals surface area contributed by atoms with E-state index in [9.17, 15) is 9.00 Å². The molecule has 3 N–H and O–H groups in total. The Kier molecular flexibility index (Phi) is 5.92. The van der Waals surface area contributed by atoms with Gasteiger partial charge in [-0.25, -0.2) is 0 Å². The van der Waals surface area contributed by atoms with Crippen LogP contribution in [0.1, 0.15) is 13.8 Å². The molecule has 72 valence electrons. The molecule has 0 fully saturated rings. The lowest BCUT2D eigenvalue weighted by Crippen LogP contribution is -2.39. The van der Waals surface area contributed by atoms with E-state index in [1.165, 1.54) is 0 Å². The van der Waals surface area contributed by atoms with Gasteiger partial charge in [-0.05, 0) is 6.92 Å². The van der Waals surface area contributed by atoms with Crippen molar-refractivity contribution < 1.29 is 9.00 Å². The summed E-state index contributed by atoms with van der Waals surface area (Å²) in [5, 5.41) is 2.59. The van der Waals surface area contributed by atoms with E-state index in [1.807, 2.05) is 6.92 Å². The maximum atomic E-state index is 10.9. The lowest BCUT2D eigenvalue weighted by molar-refractivity contribution is -0.121. The molecule has 1 amide bonds. The van der Waals surface area contributed by atoms with Gasteiger partial charge in [0.15, 0.2) is 0 Å². The highest BCUT2D eigenvalue weighted by atomic mass is 32.2. The molecule has 4 nitrogen and oxygen atoms in total. The van der Waals surface area contributed by atoms with Gasteiger partial charge in [0.05, 0.1) is 6.04 Å². The third kappa shape index (κ3) is 5.26. The second kappa shape index (κ2) is 6.14. The zero-order valence-electron chi connectivity index (χ0n) is 7.50. The second-order valence-corrected chi connectivity index (χ2v) is 4.38. The lowest BCUT2D eigenvalue weighted by Gasteiger charge is -2.06. The Morgan fingerprint density at radius 3 is 2.67 bits per heavy atom. The molecular weight excluding hydrogens is 176 g/mol. The summed E-state index contributed by atoms with van der Waals surface area (Å²) in [6, 6.07) is -0.486. The summed E-state index contributed by atoms with van der Waals surface area (Å²) in [7, 11) is -0.812. The minimum atomic E-state index is -0.812. The molecule has 0 aliphatic heterocycles. The van der Waals surface area contributed by atoms with Crippen LogP contribution in [0.25, 0.3) is 0 Å². The van der Waals surface area contributed by atoms with Crippen LogP contribution >= 0.6 is 0 Å². The van der Waals surface area contributed by atoms with E-state index < -0.39 is 16.8 Å². The number of hydrogen-bond donors (Lipinski definition) is 2. The number of nitrogens with one attached hydrogen (secondary N) is 1. The molecule has 0 bridgehead atoms. The summed E-state index contributed by atoms with van der Waals surface area (Å²) in [5.74, 6) is 0.950. The van der Waals surface area contributed by atoms with Crippen LogP contribution in [-0.2, 0) is 15.6 Å². The van der Waals surface area contributed by atoms with E-state index in [0.717, 1.165) is 0 Å². The highest BCUT2D eigenvalue weighted by Crippen LogP contribution is 1.80. The number of amides is 1. The van der Waals surface area contributed by atoms with Crippen LogP contribution in [0.4, 0.5) is 0 Å². The molecule has 0 heterocycles. The molecule has 0 aromatic heterocycles. The highest BCUT2D eigenvalue weighted by Gasteiger charge is 2.05. The third-order valence-electron chi connectivity index (χ3n) is 1.36. The third-order valence-corrected chi connectivity index (χ3v) is 2.67. The molecule has 0 saturated heterocycles. The quantitative estimate of drug-likeness (QED) is 0.600. The average Bonchev–Trinajstić information content (AvgIpc) is 2.03. The van der Waals surface area contributed by atoms with Gasteiger partial charge in [-0.3, -0.25) is 9.00 Å². The predicted octanol–water partition coefficient (Wildman–Crippen LogP) is -0.782. The molecule has 0 rings (SSSR count). The minimum absolute atomic E-state index is 0.192. The van der Waals surface area contributed by atoms with Gasteiger partial charge in [0, 0.05) is 28.9 Å². The van der Waals surface area contributed by atoms with Gasteiger partial charge >= 0.3 is 0 Å². The van der Waals surface area contributed by atoms with Crippen LogP contribution < -0.4 is 11.1 Å².